The third kappa shape index (κ3) is 6.15. The van der Waals surface area contributed by atoms with E-state index in [1.54, 1.807) is 29.2 Å². The summed E-state index contributed by atoms with van der Waals surface area (Å²) in [5.74, 6) is -0.545. The minimum absolute atomic E-state index is 0.0205. The molecular formula is C19H25F3N4O3. The summed E-state index contributed by atoms with van der Waals surface area (Å²) in [6.45, 7) is -0.281. The van der Waals surface area contributed by atoms with Gasteiger partial charge < -0.3 is 20.7 Å². The molecule has 160 valence electrons. The number of amides is 2. The maximum absolute atomic E-state index is 13.0. The summed E-state index contributed by atoms with van der Waals surface area (Å²) < 4.78 is 44.0. The smallest absolute Gasteiger partial charge is 0.370 e. The fourth-order valence-corrected chi connectivity index (χ4v) is 3.33. The maximum atomic E-state index is 13.0. The van der Waals surface area contributed by atoms with Gasteiger partial charge in [0.25, 0.3) is 5.91 Å². The summed E-state index contributed by atoms with van der Waals surface area (Å²) in [6.07, 6.45) is -2.67. The predicted octanol–water partition coefficient (Wildman–Crippen LogP) is 1.59. The van der Waals surface area contributed by atoms with Crippen LogP contribution in [-0.2, 0) is 14.3 Å². The number of carbonyl (C=O) groups excluding carboxylic acids is 2. The average molecular weight is 414 g/mol. The number of nitrogens with two attached hydrogens (primary N) is 1. The highest BCUT2D eigenvalue weighted by molar-refractivity contribution is 5.97. The van der Waals surface area contributed by atoms with Gasteiger partial charge in [0, 0.05) is 31.0 Å². The lowest BCUT2D eigenvalue weighted by molar-refractivity contribution is -0.154. The van der Waals surface area contributed by atoms with Crippen LogP contribution in [0.1, 0.15) is 12.8 Å². The number of hydrogen-bond donors (Lipinski definition) is 2. The molecule has 1 heterocycles. The van der Waals surface area contributed by atoms with Crippen molar-refractivity contribution in [3.05, 3.63) is 24.3 Å². The molecule has 3 rings (SSSR count). The van der Waals surface area contributed by atoms with Gasteiger partial charge in [0.05, 0.1) is 13.2 Å². The van der Waals surface area contributed by atoms with Crippen molar-refractivity contribution in [3.63, 3.8) is 0 Å². The Labute approximate surface area is 167 Å². The molecule has 1 aromatic rings. The molecule has 29 heavy (non-hydrogen) atoms. The number of rotatable bonds is 8. The van der Waals surface area contributed by atoms with Gasteiger partial charge in [-0.2, -0.15) is 13.2 Å². The van der Waals surface area contributed by atoms with Crippen LogP contribution in [0.4, 0.5) is 24.5 Å². The number of morpholine rings is 1. The first-order valence-corrected chi connectivity index (χ1v) is 9.57. The van der Waals surface area contributed by atoms with Gasteiger partial charge in [-0.25, -0.2) is 0 Å². The Morgan fingerprint density at radius 2 is 2.00 bits per heavy atom. The van der Waals surface area contributed by atoms with E-state index in [1.165, 1.54) is 0 Å². The molecule has 1 saturated carbocycles. The monoisotopic (exact) mass is 414 g/mol. The molecule has 1 aliphatic carbocycles. The Kier molecular flexibility index (Phi) is 6.76. The lowest BCUT2D eigenvalue weighted by Crippen LogP contribution is -2.52. The molecule has 3 N–H and O–H groups in total. The van der Waals surface area contributed by atoms with E-state index >= 15 is 0 Å². The lowest BCUT2D eigenvalue weighted by atomic mass is 10.2. The van der Waals surface area contributed by atoms with E-state index in [0.717, 1.165) is 17.7 Å². The summed E-state index contributed by atoms with van der Waals surface area (Å²) in [7, 11) is 0. The molecule has 1 saturated heterocycles. The summed E-state index contributed by atoms with van der Waals surface area (Å²) in [6, 6.07) is 5.50. The second-order valence-electron chi connectivity index (χ2n) is 7.37. The SMILES string of the molecule is NC[C@@H](C(=O)Nc1ccc(N2CCOCC2=O)cc1)N(CC1CC1)CC(F)(F)F. The molecule has 1 aliphatic heterocycles. The van der Waals surface area contributed by atoms with Gasteiger partial charge in [-0.15, -0.1) is 0 Å². The molecule has 2 amide bonds. The molecule has 0 spiro atoms. The number of benzene rings is 1. The average Bonchev–Trinajstić information content (AvgIpc) is 3.46. The van der Waals surface area contributed by atoms with E-state index in [1.807, 2.05) is 0 Å². The van der Waals surface area contributed by atoms with E-state index < -0.39 is 24.7 Å². The highest BCUT2D eigenvalue weighted by Crippen LogP contribution is 2.31. The van der Waals surface area contributed by atoms with Crippen molar-refractivity contribution in [3.8, 4) is 0 Å². The van der Waals surface area contributed by atoms with Crippen LogP contribution in [0.25, 0.3) is 0 Å². The normalized spacial score (nSPS) is 18.8. The molecule has 0 aromatic heterocycles. The highest BCUT2D eigenvalue weighted by atomic mass is 19.4. The number of hydrogen-bond acceptors (Lipinski definition) is 5. The van der Waals surface area contributed by atoms with Gasteiger partial charge in [-0.1, -0.05) is 0 Å². The standard InChI is InChI=1S/C19H25F3N4O3/c20-19(21,22)12-25(10-13-1-2-13)16(9-23)18(28)24-14-3-5-15(6-4-14)26-7-8-29-11-17(26)27/h3-6,13,16H,1-2,7-12,23H2,(H,24,28)/t16-/m0/s1. The Hall–Kier alpha value is -2.17. The van der Waals surface area contributed by atoms with Crippen LogP contribution in [-0.4, -0.2) is 68.3 Å². The van der Waals surface area contributed by atoms with Gasteiger partial charge in [0.2, 0.25) is 5.91 Å². The van der Waals surface area contributed by atoms with E-state index in [4.69, 9.17) is 10.5 Å². The number of nitrogens with zero attached hydrogens (tertiary/aromatic N) is 2. The van der Waals surface area contributed by atoms with Crippen LogP contribution >= 0.6 is 0 Å². The van der Waals surface area contributed by atoms with Gasteiger partial charge in [-0.3, -0.25) is 14.5 Å². The molecule has 1 aromatic carbocycles. The number of alkyl halides is 3. The van der Waals surface area contributed by atoms with Gasteiger partial charge in [0.15, 0.2) is 0 Å². The lowest BCUT2D eigenvalue weighted by Gasteiger charge is -2.30. The minimum atomic E-state index is -4.41. The van der Waals surface area contributed by atoms with Crippen molar-refractivity contribution in [1.29, 1.82) is 0 Å². The first kappa shape index (κ1) is 21.5. The van der Waals surface area contributed by atoms with Crippen LogP contribution in [0.5, 0.6) is 0 Å². The highest BCUT2D eigenvalue weighted by Gasteiger charge is 2.38. The zero-order chi connectivity index (χ0) is 21.0. The third-order valence-corrected chi connectivity index (χ3v) is 4.97. The van der Waals surface area contributed by atoms with E-state index in [0.29, 0.717) is 24.5 Å². The molecule has 1 atom stereocenters. The fraction of sp³-hybridized carbons (Fsp3) is 0.579. The number of anilines is 2. The molecule has 0 bridgehead atoms. The zero-order valence-corrected chi connectivity index (χ0v) is 16.0. The molecule has 2 fully saturated rings. The van der Waals surface area contributed by atoms with Crippen LogP contribution < -0.4 is 16.0 Å². The molecular weight excluding hydrogens is 389 g/mol. The number of halogens is 3. The number of carbonyl (C=O) groups is 2. The van der Waals surface area contributed by atoms with Crippen molar-refractivity contribution >= 4 is 23.2 Å². The van der Waals surface area contributed by atoms with Crippen LogP contribution in [0.15, 0.2) is 24.3 Å². The molecule has 0 unspecified atom stereocenters. The summed E-state index contributed by atoms with van der Waals surface area (Å²) in [5.41, 5.74) is 6.75. The number of nitrogens with one attached hydrogen (secondary N) is 1. The van der Waals surface area contributed by atoms with Gasteiger partial charge in [-0.05, 0) is 43.0 Å². The van der Waals surface area contributed by atoms with Crippen LogP contribution in [0.3, 0.4) is 0 Å². The van der Waals surface area contributed by atoms with Crippen molar-refractivity contribution in [2.24, 2.45) is 11.7 Å². The quantitative estimate of drug-likeness (QED) is 0.675. The number of ether oxygens (including phenoxy) is 1. The summed E-state index contributed by atoms with van der Waals surface area (Å²) in [4.78, 5) is 27.2. The molecule has 10 heteroatoms. The fourth-order valence-electron chi connectivity index (χ4n) is 3.33. The van der Waals surface area contributed by atoms with Crippen molar-refractivity contribution in [2.45, 2.75) is 25.1 Å². The first-order chi connectivity index (χ1) is 13.8. The largest absolute Gasteiger partial charge is 0.401 e. The van der Waals surface area contributed by atoms with Crippen molar-refractivity contribution in [1.82, 2.24) is 4.90 Å². The Morgan fingerprint density at radius 1 is 1.31 bits per heavy atom. The first-order valence-electron chi connectivity index (χ1n) is 9.57. The van der Waals surface area contributed by atoms with E-state index in [2.05, 4.69) is 5.32 Å². The second kappa shape index (κ2) is 9.10. The zero-order valence-electron chi connectivity index (χ0n) is 16.0. The summed E-state index contributed by atoms with van der Waals surface area (Å²) >= 11 is 0. The van der Waals surface area contributed by atoms with Gasteiger partial charge in [0.1, 0.15) is 12.6 Å². The van der Waals surface area contributed by atoms with E-state index in [-0.39, 0.29) is 31.5 Å². The predicted molar refractivity (Wildman–Crippen MR) is 101 cm³/mol. The van der Waals surface area contributed by atoms with Crippen LogP contribution in [0.2, 0.25) is 0 Å². The topological polar surface area (TPSA) is 87.9 Å². The van der Waals surface area contributed by atoms with Crippen molar-refractivity contribution < 1.29 is 27.5 Å². The minimum Gasteiger partial charge on any atom is -0.370 e. The molecule has 2 aliphatic rings. The Morgan fingerprint density at radius 3 is 2.55 bits per heavy atom. The van der Waals surface area contributed by atoms with Gasteiger partial charge >= 0.3 is 6.18 Å². The summed E-state index contributed by atoms with van der Waals surface area (Å²) in [5, 5.41) is 2.64. The molecule has 7 nitrogen and oxygen atoms in total. The maximum Gasteiger partial charge on any atom is 0.401 e. The van der Waals surface area contributed by atoms with Crippen molar-refractivity contribution in [2.75, 3.05) is 49.6 Å². The van der Waals surface area contributed by atoms with Crippen LogP contribution in [0, 0.1) is 5.92 Å². The Bertz CT molecular complexity index is 722. The third-order valence-electron chi connectivity index (χ3n) is 4.97. The molecule has 0 radical (unpaired) electrons. The van der Waals surface area contributed by atoms with E-state index in [9.17, 15) is 22.8 Å². The second-order valence-corrected chi connectivity index (χ2v) is 7.37. The Balaban J connectivity index is 1.65.